The minimum absolute atomic E-state index is 0.0331. The number of hydrogen-bond donors (Lipinski definition) is 0. The van der Waals surface area contributed by atoms with Crippen molar-refractivity contribution in [3.8, 4) is 0 Å². The minimum Gasteiger partial charge on any atom is -0.466 e. The molecule has 0 aromatic carbocycles. The van der Waals surface area contributed by atoms with Crippen LogP contribution in [-0.2, 0) is 19.8 Å². The van der Waals surface area contributed by atoms with Crippen LogP contribution in [-0.4, -0.2) is 19.0 Å². The van der Waals surface area contributed by atoms with Gasteiger partial charge in [-0.05, 0) is 34.1 Å². The lowest BCUT2D eigenvalue weighted by Crippen LogP contribution is -2.06. The highest BCUT2D eigenvalue weighted by molar-refractivity contribution is 7.53. The van der Waals surface area contributed by atoms with Crippen LogP contribution in [0.1, 0.15) is 67.5 Å². The SMILES string of the molecule is CCCCC(=O)c1c(C)oc(C)c1CP(=O)(OCC)OCC. The number of furan rings is 1. The van der Waals surface area contributed by atoms with Gasteiger partial charge in [0.1, 0.15) is 11.5 Å². The Hall–Kier alpha value is -0.900. The second-order valence-electron chi connectivity index (χ2n) is 5.20. The van der Waals surface area contributed by atoms with Crippen molar-refractivity contribution in [3.05, 3.63) is 22.6 Å². The van der Waals surface area contributed by atoms with Gasteiger partial charge in [-0.2, -0.15) is 0 Å². The molecular weight excluding hydrogens is 303 g/mol. The first-order valence-corrected chi connectivity index (χ1v) is 9.61. The molecule has 0 bridgehead atoms. The molecule has 0 N–H and O–H groups in total. The molecule has 0 saturated carbocycles. The van der Waals surface area contributed by atoms with Crippen molar-refractivity contribution in [2.45, 2.75) is 60.0 Å². The van der Waals surface area contributed by atoms with Crippen LogP contribution in [0.25, 0.3) is 0 Å². The molecule has 6 heteroatoms. The Kier molecular flexibility index (Phi) is 7.54. The summed E-state index contributed by atoms with van der Waals surface area (Å²) in [7, 11) is -3.26. The third kappa shape index (κ3) is 4.80. The Labute approximate surface area is 132 Å². The molecule has 0 saturated heterocycles. The predicted molar refractivity (Wildman–Crippen MR) is 86.6 cm³/mol. The zero-order valence-corrected chi connectivity index (χ0v) is 15.1. The van der Waals surface area contributed by atoms with Crippen LogP contribution in [0.3, 0.4) is 0 Å². The van der Waals surface area contributed by atoms with Gasteiger partial charge in [0.2, 0.25) is 0 Å². The Morgan fingerprint density at radius 3 is 2.18 bits per heavy atom. The molecule has 0 fully saturated rings. The summed E-state index contributed by atoms with van der Waals surface area (Å²) in [6, 6.07) is 0. The lowest BCUT2D eigenvalue weighted by molar-refractivity contribution is 0.0977. The van der Waals surface area contributed by atoms with Gasteiger partial charge in [0, 0.05) is 12.0 Å². The topological polar surface area (TPSA) is 65.7 Å². The van der Waals surface area contributed by atoms with Crippen LogP contribution in [0.4, 0.5) is 0 Å². The average molecular weight is 330 g/mol. The van der Waals surface area contributed by atoms with Crippen molar-refractivity contribution < 1.29 is 22.8 Å². The summed E-state index contributed by atoms with van der Waals surface area (Å²) in [5, 5.41) is 0. The third-order valence-electron chi connectivity index (χ3n) is 3.42. The first kappa shape index (κ1) is 19.1. The minimum atomic E-state index is -3.26. The van der Waals surface area contributed by atoms with E-state index in [1.165, 1.54) is 0 Å². The number of hydrogen-bond acceptors (Lipinski definition) is 5. The molecule has 0 aliphatic carbocycles. The lowest BCUT2D eigenvalue weighted by atomic mass is 10.0. The van der Waals surface area contributed by atoms with Crippen LogP contribution >= 0.6 is 7.60 Å². The van der Waals surface area contributed by atoms with E-state index in [0.717, 1.165) is 12.8 Å². The fraction of sp³-hybridized carbons (Fsp3) is 0.688. The third-order valence-corrected chi connectivity index (χ3v) is 5.43. The summed E-state index contributed by atoms with van der Waals surface area (Å²) in [6.45, 7) is 9.72. The standard InChI is InChI=1S/C16H27O5P/c1-6-9-10-15(17)16-13(5)21-12(4)14(16)11-22(18,19-7-2)20-8-3/h6-11H2,1-5H3. The number of aryl methyl sites for hydroxylation is 2. The summed E-state index contributed by atoms with van der Waals surface area (Å²) in [6.07, 6.45) is 2.33. The molecule has 1 aromatic heterocycles. The molecule has 1 aromatic rings. The van der Waals surface area contributed by atoms with Crippen LogP contribution in [0, 0.1) is 13.8 Å². The molecular formula is C16H27O5P. The molecule has 0 spiro atoms. The van der Waals surface area contributed by atoms with Crippen molar-refractivity contribution in [1.82, 2.24) is 0 Å². The first-order valence-electron chi connectivity index (χ1n) is 7.88. The summed E-state index contributed by atoms with van der Waals surface area (Å²) >= 11 is 0. The lowest BCUT2D eigenvalue weighted by Gasteiger charge is -2.17. The number of ketones is 1. The quantitative estimate of drug-likeness (QED) is 0.444. The van der Waals surface area contributed by atoms with Gasteiger partial charge in [0.05, 0.1) is 24.9 Å². The van der Waals surface area contributed by atoms with Gasteiger partial charge in [0.15, 0.2) is 5.78 Å². The van der Waals surface area contributed by atoms with E-state index in [2.05, 4.69) is 0 Å². The summed E-state index contributed by atoms with van der Waals surface area (Å²) in [5.74, 6) is 1.22. The number of rotatable bonds is 10. The largest absolute Gasteiger partial charge is 0.466 e. The molecule has 0 radical (unpaired) electrons. The van der Waals surface area contributed by atoms with Gasteiger partial charge in [-0.15, -0.1) is 0 Å². The maximum atomic E-state index is 12.7. The maximum Gasteiger partial charge on any atom is 0.335 e. The Bertz CT molecular complexity index is 537. The smallest absolute Gasteiger partial charge is 0.335 e. The summed E-state index contributed by atoms with van der Waals surface area (Å²) < 4.78 is 29.0. The molecule has 5 nitrogen and oxygen atoms in total. The van der Waals surface area contributed by atoms with Gasteiger partial charge < -0.3 is 13.5 Å². The zero-order valence-electron chi connectivity index (χ0n) is 14.2. The molecule has 0 unspecified atom stereocenters. The van der Waals surface area contributed by atoms with E-state index >= 15 is 0 Å². The molecule has 126 valence electrons. The fourth-order valence-corrected chi connectivity index (χ4v) is 4.28. The zero-order chi connectivity index (χ0) is 16.8. The van der Waals surface area contributed by atoms with E-state index in [0.29, 0.717) is 42.3 Å². The Morgan fingerprint density at radius 1 is 1.09 bits per heavy atom. The second kappa shape index (κ2) is 8.66. The van der Waals surface area contributed by atoms with Gasteiger partial charge >= 0.3 is 7.60 Å². The van der Waals surface area contributed by atoms with Crippen LogP contribution in [0.2, 0.25) is 0 Å². The van der Waals surface area contributed by atoms with E-state index in [1.54, 1.807) is 27.7 Å². The summed E-state index contributed by atoms with van der Waals surface area (Å²) in [5.41, 5.74) is 1.20. The van der Waals surface area contributed by atoms with Crippen molar-refractivity contribution >= 4 is 13.4 Å². The average Bonchev–Trinajstić information content (AvgIpc) is 2.71. The van der Waals surface area contributed by atoms with Crippen LogP contribution < -0.4 is 0 Å². The highest BCUT2D eigenvalue weighted by Gasteiger charge is 2.30. The number of unbranched alkanes of at least 4 members (excludes halogenated alkanes) is 1. The first-order chi connectivity index (χ1) is 10.4. The predicted octanol–water partition coefficient (Wildman–Crippen LogP) is 5.04. The fourth-order valence-electron chi connectivity index (χ4n) is 2.46. The van der Waals surface area contributed by atoms with Crippen molar-refractivity contribution in [1.29, 1.82) is 0 Å². The molecule has 0 aliphatic rings. The highest BCUT2D eigenvalue weighted by Crippen LogP contribution is 2.52. The van der Waals surface area contributed by atoms with Crippen LogP contribution in [0.15, 0.2) is 4.42 Å². The highest BCUT2D eigenvalue weighted by atomic mass is 31.2. The molecule has 0 atom stereocenters. The van der Waals surface area contributed by atoms with Crippen LogP contribution in [0.5, 0.6) is 0 Å². The summed E-state index contributed by atoms with van der Waals surface area (Å²) in [4.78, 5) is 12.4. The molecule has 0 amide bonds. The number of carbonyl (C=O) groups excluding carboxylic acids is 1. The van der Waals surface area contributed by atoms with E-state index in [9.17, 15) is 9.36 Å². The monoisotopic (exact) mass is 330 g/mol. The second-order valence-corrected chi connectivity index (χ2v) is 7.25. The van der Waals surface area contributed by atoms with E-state index < -0.39 is 7.60 Å². The van der Waals surface area contributed by atoms with E-state index in [-0.39, 0.29) is 11.9 Å². The molecule has 1 rings (SSSR count). The van der Waals surface area contributed by atoms with Gasteiger partial charge in [0.25, 0.3) is 0 Å². The Morgan fingerprint density at radius 2 is 1.68 bits per heavy atom. The Balaban J connectivity index is 3.12. The van der Waals surface area contributed by atoms with Crippen molar-refractivity contribution in [2.24, 2.45) is 0 Å². The van der Waals surface area contributed by atoms with Crippen molar-refractivity contribution in [3.63, 3.8) is 0 Å². The maximum absolute atomic E-state index is 12.7. The van der Waals surface area contributed by atoms with E-state index in [1.807, 2.05) is 6.92 Å². The van der Waals surface area contributed by atoms with Crippen molar-refractivity contribution in [2.75, 3.05) is 13.2 Å². The number of carbonyl (C=O) groups is 1. The van der Waals surface area contributed by atoms with Gasteiger partial charge in [-0.1, -0.05) is 13.3 Å². The van der Waals surface area contributed by atoms with Gasteiger partial charge in [-0.25, -0.2) is 0 Å². The molecule has 1 heterocycles. The molecule has 22 heavy (non-hydrogen) atoms. The van der Waals surface area contributed by atoms with E-state index in [4.69, 9.17) is 13.5 Å². The molecule has 0 aliphatic heterocycles. The number of Topliss-reactive ketones (excluding diaryl/α,β-unsaturated/α-hetero) is 1. The van der Waals surface area contributed by atoms with Gasteiger partial charge in [-0.3, -0.25) is 9.36 Å². The normalized spacial score (nSPS) is 11.9.